The second-order valence-electron chi connectivity index (χ2n) is 8.15. The highest BCUT2D eigenvalue weighted by Gasteiger charge is 2.28. The molecule has 8 nitrogen and oxygen atoms in total. The highest BCUT2D eigenvalue weighted by atomic mass is 16.2. The van der Waals surface area contributed by atoms with Crippen LogP contribution in [0.5, 0.6) is 0 Å². The summed E-state index contributed by atoms with van der Waals surface area (Å²) < 4.78 is 0. The molecular formula is C22H26N6O2. The Hall–Kier alpha value is -3.29. The number of pyridine rings is 1. The highest BCUT2D eigenvalue weighted by molar-refractivity contribution is 5.99. The van der Waals surface area contributed by atoms with Gasteiger partial charge in [-0.05, 0) is 49.9 Å². The zero-order chi connectivity index (χ0) is 20.5. The van der Waals surface area contributed by atoms with E-state index in [1.165, 1.54) is 0 Å². The summed E-state index contributed by atoms with van der Waals surface area (Å²) in [5, 5.41) is 3.17. The molecule has 30 heavy (non-hydrogen) atoms. The van der Waals surface area contributed by atoms with E-state index in [4.69, 9.17) is 0 Å². The van der Waals surface area contributed by atoms with E-state index in [-0.39, 0.29) is 17.5 Å². The smallest absolute Gasteiger partial charge is 0.323 e. The van der Waals surface area contributed by atoms with E-state index in [1.54, 1.807) is 6.20 Å². The number of amides is 1. The number of anilines is 3. The van der Waals surface area contributed by atoms with E-state index in [1.807, 2.05) is 30.3 Å². The summed E-state index contributed by atoms with van der Waals surface area (Å²) in [6, 6.07) is 9.70. The molecule has 1 atom stereocenters. The molecule has 0 saturated carbocycles. The minimum absolute atomic E-state index is 0.0216. The largest absolute Gasteiger partial charge is 0.370 e. The van der Waals surface area contributed by atoms with Crippen molar-refractivity contribution in [3.05, 3.63) is 47.0 Å². The van der Waals surface area contributed by atoms with Gasteiger partial charge in [0.25, 0.3) is 0 Å². The van der Waals surface area contributed by atoms with Gasteiger partial charge < -0.3 is 25.1 Å². The Labute approximate surface area is 174 Å². The summed E-state index contributed by atoms with van der Waals surface area (Å²) in [7, 11) is 0. The zero-order valence-electron chi connectivity index (χ0n) is 16.9. The van der Waals surface area contributed by atoms with Crippen molar-refractivity contribution in [1.82, 2.24) is 15.0 Å². The second-order valence-corrected chi connectivity index (χ2v) is 8.15. The fourth-order valence-electron chi connectivity index (χ4n) is 4.57. The number of fused-ring (bicyclic) bond motifs is 1. The van der Waals surface area contributed by atoms with Crippen molar-refractivity contribution in [3.63, 3.8) is 0 Å². The number of hydrogen-bond donors (Lipinski definition) is 3. The van der Waals surface area contributed by atoms with Gasteiger partial charge in [0.15, 0.2) is 0 Å². The number of nitrogens with zero attached hydrogens (tertiary/aromatic N) is 3. The Morgan fingerprint density at radius 3 is 2.57 bits per heavy atom. The lowest BCUT2D eigenvalue weighted by Crippen LogP contribution is -2.41. The van der Waals surface area contributed by atoms with Crippen LogP contribution in [0.15, 0.2) is 41.3 Å². The molecule has 0 aliphatic carbocycles. The average molecular weight is 406 g/mol. The Balaban J connectivity index is 1.39. The van der Waals surface area contributed by atoms with E-state index in [0.717, 1.165) is 68.0 Å². The molecule has 2 aromatic heterocycles. The number of carbonyl (C=O) groups excluding carboxylic acids is 1. The summed E-state index contributed by atoms with van der Waals surface area (Å²) in [5.74, 6) is 0.834. The first-order chi connectivity index (χ1) is 14.7. The molecule has 5 rings (SSSR count). The average Bonchev–Trinajstić information content (AvgIpc) is 3.42. The number of hydrogen-bond acceptors (Lipinski definition) is 5. The van der Waals surface area contributed by atoms with Crippen LogP contribution in [0.4, 0.5) is 17.2 Å². The molecule has 0 bridgehead atoms. The first-order valence-corrected chi connectivity index (χ1v) is 10.7. The Kier molecular flexibility index (Phi) is 4.90. The molecule has 2 fully saturated rings. The van der Waals surface area contributed by atoms with Gasteiger partial charge in [0.1, 0.15) is 5.82 Å². The summed E-state index contributed by atoms with van der Waals surface area (Å²) >= 11 is 0. The molecule has 1 aromatic carbocycles. The van der Waals surface area contributed by atoms with Crippen LogP contribution in [-0.2, 0) is 4.79 Å². The fourth-order valence-corrected chi connectivity index (χ4v) is 4.57. The first kappa shape index (κ1) is 18.7. The number of H-pyrrole nitrogens is 2. The van der Waals surface area contributed by atoms with Crippen LogP contribution in [-0.4, -0.2) is 47.0 Å². The topological polar surface area (TPSA) is 97.1 Å². The van der Waals surface area contributed by atoms with E-state index < -0.39 is 0 Å². The van der Waals surface area contributed by atoms with E-state index >= 15 is 0 Å². The van der Waals surface area contributed by atoms with Gasteiger partial charge in [-0.2, -0.15) is 0 Å². The predicted molar refractivity (Wildman–Crippen MR) is 118 cm³/mol. The van der Waals surface area contributed by atoms with Crippen molar-refractivity contribution in [3.8, 4) is 0 Å². The van der Waals surface area contributed by atoms with Crippen molar-refractivity contribution in [1.29, 1.82) is 0 Å². The third kappa shape index (κ3) is 3.65. The molecule has 3 N–H and O–H groups in total. The molecule has 0 radical (unpaired) electrons. The molecule has 156 valence electrons. The second kappa shape index (κ2) is 7.85. The van der Waals surface area contributed by atoms with Crippen LogP contribution in [0.2, 0.25) is 0 Å². The Bertz CT molecular complexity index is 1100. The van der Waals surface area contributed by atoms with Gasteiger partial charge in [-0.1, -0.05) is 6.07 Å². The quantitative estimate of drug-likeness (QED) is 0.619. The summed E-state index contributed by atoms with van der Waals surface area (Å²) in [5.41, 5.74) is 2.97. The number of rotatable bonds is 4. The maximum Gasteiger partial charge on any atom is 0.323 e. The molecule has 2 aliphatic heterocycles. The minimum Gasteiger partial charge on any atom is -0.370 e. The number of piperidine rings is 1. The zero-order valence-corrected chi connectivity index (χ0v) is 16.9. The normalized spacial score (nSPS) is 19.4. The number of imidazole rings is 1. The third-order valence-electron chi connectivity index (χ3n) is 6.10. The van der Waals surface area contributed by atoms with Crippen LogP contribution in [0.1, 0.15) is 25.7 Å². The van der Waals surface area contributed by atoms with E-state index in [0.29, 0.717) is 12.1 Å². The lowest BCUT2D eigenvalue weighted by Gasteiger charge is -2.33. The SMILES string of the molecule is O=C(Nc1cc2[nH]c(=O)[nH]c2cc1N1CCCC1)C1CCCN(c2ccccn2)C1. The van der Waals surface area contributed by atoms with Gasteiger partial charge in [0.05, 0.1) is 28.3 Å². The van der Waals surface area contributed by atoms with Gasteiger partial charge in [-0.3, -0.25) is 4.79 Å². The number of benzene rings is 1. The van der Waals surface area contributed by atoms with Crippen LogP contribution in [0.25, 0.3) is 11.0 Å². The number of aromatic nitrogens is 3. The van der Waals surface area contributed by atoms with Crippen molar-refractivity contribution in [2.45, 2.75) is 25.7 Å². The van der Waals surface area contributed by atoms with Crippen LogP contribution >= 0.6 is 0 Å². The number of nitrogens with one attached hydrogen (secondary N) is 3. The molecule has 4 heterocycles. The third-order valence-corrected chi connectivity index (χ3v) is 6.10. The van der Waals surface area contributed by atoms with Gasteiger partial charge in [-0.15, -0.1) is 0 Å². The maximum atomic E-state index is 13.2. The van der Waals surface area contributed by atoms with Crippen molar-refractivity contribution in [2.24, 2.45) is 5.92 Å². The van der Waals surface area contributed by atoms with E-state index in [9.17, 15) is 9.59 Å². The molecule has 3 aromatic rings. The molecule has 8 heteroatoms. The molecule has 2 aliphatic rings. The Morgan fingerprint density at radius 2 is 1.80 bits per heavy atom. The van der Waals surface area contributed by atoms with Gasteiger partial charge >= 0.3 is 5.69 Å². The van der Waals surface area contributed by atoms with Crippen LogP contribution in [0, 0.1) is 5.92 Å². The number of carbonyl (C=O) groups is 1. The Morgan fingerprint density at radius 1 is 1.03 bits per heavy atom. The van der Waals surface area contributed by atoms with Gasteiger partial charge in [0.2, 0.25) is 5.91 Å². The lowest BCUT2D eigenvalue weighted by molar-refractivity contribution is -0.120. The lowest BCUT2D eigenvalue weighted by atomic mass is 9.97. The van der Waals surface area contributed by atoms with Crippen molar-refractivity contribution in [2.75, 3.05) is 41.3 Å². The molecule has 0 spiro atoms. The standard InChI is InChI=1S/C22H26N6O2/c29-21(15-6-5-11-28(14-15)20-7-1-2-8-23-20)24-18-12-16-17(26-22(30)25-16)13-19(18)27-9-3-4-10-27/h1-2,7-8,12-13,15H,3-6,9-11,14H2,(H,24,29)(H2,25,26,30). The predicted octanol–water partition coefficient (Wildman–Crippen LogP) is 2.71. The molecular weight excluding hydrogens is 380 g/mol. The monoisotopic (exact) mass is 406 g/mol. The first-order valence-electron chi connectivity index (χ1n) is 10.7. The number of aromatic amines is 2. The maximum absolute atomic E-state index is 13.2. The van der Waals surface area contributed by atoms with Gasteiger partial charge in [0, 0.05) is 32.4 Å². The van der Waals surface area contributed by atoms with Crippen LogP contribution in [0.3, 0.4) is 0 Å². The summed E-state index contributed by atoms with van der Waals surface area (Å²) in [6.45, 7) is 3.49. The van der Waals surface area contributed by atoms with Crippen molar-refractivity contribution < 1.29 is 4.79 Å². The fraction of sp³-hybridized carbons (Fsp3) is 0.409. The van der Waals surface area contributed by atoms with E-state index in [2.05, 4.69) is 30.1 Å². The molecule has 1 unspecified atom stereocenters. The summed E-state index contributed by atoms with van der Waals surface area (Å²) in [4.78, 5) is 39.5. The van der Waals surface area contributed by atoms with Crippen molar-refractivity contribution >= 4 is 34.1 Å². The minimum atomic E-state index is -0.237. The molecule has 2 saturated heterocycles. The summed E-state index contributed by atoms with van der Waals surface area (Å²) in [6.07, 6.45) is 5.87. The van der Waals surface area contributed by atoms with Gasteiger partial charge in [-0.25, -0.2) is 9.78 Å². The highest BCUT2D eigenvalue weighted by Crippen LogP contribution is 2.33. The van der Waals surface area contributed by atoms with Crippen LogP contribution < -0.4 is 20.8 Å². The molecule has 1 amide bonds.